The van der Waals surface area contributed by atoms with Crippen LogP contribution in [-0.4, -0.2) is 15.8 Å². The van der Waals surface area contributed by atoms with E-state index in [2.05, 4.69) is 10.3 Å². The fraction of sp³-hybridized carbons (Fsp3) is 0.0769. The van der Waals surface area contributed by atoms with Crippen molar-refractivity contribution in [3.05, 3.63) is 63.6 Å². The van der Waals surface area contributed by atoms with Crippen molar-refractivity contribution in [1.82, 2.24) is 4.98 Å². The standard InChI is InChI=1S/C13H10FN3O3/c1-8-3-2-6-15-12(8)16-13(18)9-4-5-11(17(19)20)10(14)7-9/h2-7H,1H3,(H,15,16,18). The van der Waals surface area contributed by atoms with Crippen LogP contribution in [0.2, 0.25) is 0 Å². The summed E-state index contributed by atoms with van der Waals surface area (Å²) < 4.78 is 13.4. The molecule has 1 heterocycles. The second-order valence-corrected chi connectivity index (χ2v) is 4.05. The summed E-state index contributed by atoms with van der Waals surface area (Å²) in [5.74, 6) is -1.28. The van der Waals surface area contributed by atoms with Crippen molar-refractivity contribution in [2.45, 2.75) is 6.92 Å². The number of amides is 1. The van der Waals surface area contributed by atoms with E-state index in [4.69, 9.17) is 0 Å². The van der Waals surface area contributed by atoms with Gasteiger partial charge < -0.3 is 5.32 Å². The number of hydrogen-bond donors (Lipinski definition) is 1. The van der Waals surface area contributed by atoms with Crippen molar-refractivity contribution in [1.29, 1.82) is 0 Å². The van der Waals surface area contributed by atoms with Crippen LogP contribution in [0.3, 0.4) is 0 Å². The fourth-order valence-corrected chi connectivity index (χ4v) is 1.59. The minimum absolute atomic E-state index is 0.0156. The summed E-state index contributed by atoms with van der Waals surface area (Å²) in [5.41, 5.74) is 0.0666. The Morgan fingerprint density at radius 3 is 2.75 bits per heavy atom. The quantitative estimate of drug-likeness (QED) is 0.689. The maximum atomic E-state index is 13.4. The maximum Gasteiger partial charge on any atom is 0.304 e. The third kappa shape index (κ3) is 2.77. The van der Waals surface area contributed by atoms with Gasteiger partial charge in [0.05, 0.1) is 4.92 Å². The second-order valence-electron chi connectivity index (χ2n) is 4.05. The lowest BCUT2D eigenvalue weighted by Gasteiger charge is -2.06. The number of nitrogens with one attached hydrogen (secondary N) is 1. The van der Waals surface area contributed by atoms with Crippen LogP contribution in [0.25, 0.3) is 0 Å². The lowest BCUT2D eigenvalue weighted by atomic mass is 10.2. The molecular formula is C13H10FN3O3. The van der Waals surface area contributed by atoms with Gasteiger partial charge in [0.1, 0.15) is 5.82 Å². The summed E-state index contributed by atoms with van der Waals surface area (Å²) in [7, 11) is 0. The largest absolute Gasteiger partial charge is 0.306 e. The Bertz CT molecular complexity index is 688. The van der Waals surface area contributed by atoms with Gasteiger partial charge in [-0.05, 0) is 30.7 Å². The summed E-state index contributed by atoms with van der Waals surface area (Å²) in [5, 5.41) is 13.0. The molecule has 0 fully saturated rings. The normalized spacial score (nSPS) is 10.1. The predicted molar refractivity (Wildman–Crippen MR) is 70.0 cm³/mol. The molecule has 1 aromatic heterocycles. The molecule has 102 valence electrons. The Balaban J connectivity index is 2.24. The van der Waals surface area contributed by atoms with Gasteiger partial charge in [0.15, 0.2) is 0 Å². The van der Waals surface area contributed by atoms with Gasteiger partial charge in [-0.25, -0.2) is 4.98 Å². The summed E-state index contributed by atoms with van der Waals surface area (Å²) >= 11 is 0. The molecule has 0 radical (unpaired) electrons. The number of rotatable bonds is 3. The lowest BCUT2D eigenvalue weighted by molar-refractivity contribution is -0.387. The van der Waals surface area contributed by atoms with Gasteiger partial charge in [-0.15, -0.1) is 0 Å². The molecular weight excluding hydrogens is 265 g/mol. The minimum Gasteiger partial charge on any atom is -0.306 e. The molecule has 20 heavy (non-hydrogen) atoms. The van der Waals surface area contributed by atoms with E-state index in [0.29, 0.717) is 5.82 Å². The first-order valence-electron chi connectivity index (χ1n) is 5.66. The van der Waals surface area contributed by atoms with Crippen molar-refractivity contribution in [2.24, 2.45) is 0 Å². The van der Waals surface area contributed by atoms with Crippen LogP contribution < -0.4 is 5.32 Å². The molecule has 0 spiro atoms. The van der Waals surface area contributed by atoms with E-state index in [0.717, 1.165) is 17.7 Å². The SMILES string of the molecule is Cc1cccnc1NC(=O)c1ccc([N+](=O)[O-])c(F)c1. The van der Waals surface area contributed by atoms with Crippen molar-refractivity contribution in [2.75, 3.05) is 5.32 Å². The number of hydrogen-bond acceptors (Lipinski definition) is 4. The van der Waals surface area contributed by atoms with E-state index in [9.17, 15) is 19.3 Å². The van der Waals surface area contributed by atoms with E-state index < -0.39 is 22.3 Å². The molecule has 6 nitrogen and oxygen atoms in total. The van der Waals surface area contributed by atoms with Crippen LogP contribution in [0.5, 0.6) is 0 Å². The van der Waals surface area contributed by atoms with E-state index in [1.165, 1.54) is 12.3 Å². The first-order chi connectivity index (χ1) is 9.49. The number of carbonyl (C=O) groups excluding carboxylic acids is 1. The van der Waals surface area contributed by atoms with Crippen molar-refractivity contribution >= 4 is 17.4 Å². The molecule has 0 aliphatic rings. The Labute approximate surface area is 113 Å². The average molecular weight is 275 g/mol. The predicted octanol–water partition coefficient (Wildman–Crippen LogP) is 2.69. The van der Waals surface area contributed by atoms with Crippen LogP contribution in [-0.2, 0) is 0 Å². The van der Waals surface area contributed by atoms with Gasteiger partial charge in [-0.2, -0.15) is 4.39 Å². The molecule has 0 unspecified atom stereocenters. The number of nitro groups is 1. The minimum atomic E-state index is -1.06. The Kier molecular flexibility index (Phi) is 3.69. The first kappa shape index (κ1) is 13.6. The summed E-state index contributed by atoms with van der Waals surface area (Å²) in [6.07, 6.45) is 1.51. The highest BCUT2D eigenvalue weighted by Crippen LogP contribution is 2.19. The summed E-state index contributed by atoms with van der Waals surface area (Å²) in [6, 6.07) is 6.45. The molecule has 0 bridgehead atoms. The zero-order chi connectivity index (χ0) is 14.7. The molecule has 2 rings (SSSR count). The highest BCUT2D eigenvalue weighted by atomic mass is 19.1. The molecule has 2 aromatic rings. The van der Waals surface area contributed by atoms with Crippen LogP contribution >= 0.6 is 0 Å². The molecule has 0 atom stereocenters. The van der Waals surface area contributed by atoms with E-state index in [-0.39, 0.29) is 5.56 Å². The fourth-order valence-electron chi connectivity index (χ4n) is 1.59. The number of aryl methyl sites for hydroxylation is 1. The summed E-state index contributed by atoms with van der Waals surface area (Å²) in [6.45, 7) is 1.76. The molecule has 1 amide bonds. The third-order valence-corrected chi connectivity index (χ3v) is 2.65. The van der Waals surface area contributed by atoms with E-state index in [1.807, 2.05) is 0 Å². The van der Waals surface area contributed by atoms with Crippen molar-refractivity contribution < 1.29 is 14.1 Å². The van der Waals surface area contributed by atoms with Crippen molar-refractivity contribution in [3.63, 3.8) is 0 Å². The molecule has 1 N–H and O–H groups in total. The maximum absolute atomic E-state index is 13.4. The average Bonchev–Trinajstić information content (AvgIpc) is 2.40. The Hall–Kier alpha value is -2.83. The molecule has 0 saturated heterocycles. The van der Waals surface area contributed by atoms with Gasteiger partial charge in [0.25, 0.3) is 5.91 Å². The van der Waals surface area contributed by atoms with Crippen LogP contribution in [0, 0.1) is 22.9 Å². The molecule has 0 aliphatic heterocycles. The van der Waals surface area contributed by atoms with Crippen LogP contribution in [0.1, 0.15) is 15.9 Å². The number of carbonyl (C=O) groups is 1. The zero-order valence-corrected chi connectivity index (χ0v) is 10.5. The van der Waals surface area contributed by atoms with Crippen LogP contribution in [0.4, 0.5) is 15.9 Å². The smallest absolute Gasteiger partial charge is 0.304 e. The third-order valence-electron chi connectivity index (χ3n) is 2.65. The molecule has 7 heteroatoms. The Morgan fingerprint density at radius 1 is 1.40 bits per heavy atom. The number of nitrogens with zero attached hydrogens (tertiary/aromatic N) is 2. The van der Waals surface area contributed by atoms with Gasteiger partial charge >= 0.3 is 5.69 Å². The number of nitro benzene ring substituents is 1. The number of anilines is 1. The monoisotopic (exact) mass is 275 g/mol. The Morgan fingerprint density at radius 2 is 2.15 bits per heavy atom. The lowest BCUT2D eigenvalue weighted by Crippen LogP contribution is -2.14. The van der Waals surface area contributed by atoms with Gasteiger partial charge in [-0.3, -0.25) is 14.9 Å². The second kappa shape index (κ2) is 5.43. The molecule has 0 saturated carbocycles. The topological polar surface area (TPSA) is 85.1 Å². The zero-order valence-electron chi connectivity index (χ0n) is 10.5. The molecule has 1 aromatic carbocycles. The number of pyridine rings is 1. The van der Waals surface area contributed by atoms with E-state index >= 15 is 0 Å². The molecule has 0 aliphatic carbocycles. The first-order valence-corrected chi connectivity index (χ1v) is 5.66. The van der Waals surface area contributed by atoms with Gasteiger partial charge in [-0.1, -0.05) is 6.07 Å². The van der Waals surface area contributed by atoms with Crippen LogP contribution in [0.15, 0.2) is 36.5 Å². The van der Waals surface area contributed by atoms with Gasteiger partial charge in [0, 0.05) is 17.8 Å². The number of halogens is 1. The number of benzene rings is 1. The highest BCUT2D eigenvalue weighted by molar-refractivity contribution is 6.04. The van der Waals surface area contributed by atoms with E-state index in [1.54, 1.807) is 19.1 Å². The van der Waals surface area contributed by atoms with Gasteiger partial charge in [0.2, 0.25) is 5.82 Å². The van der Waals surface area contributed by atoms with Crippen molar-refractivity contribution in [3.8, 4) is 0 Å². The highest BCUT2D eigenvalue weighted by Gasteiger charge is 2.17. The number of aromatic nitrogens is 1. The summed E-state index contributed by atoms with van der Waals surface area (Å²) in [4.78, 5) is 25.5.